The standard InChI is InChI=1S/C15H12N2O2.C12H12N2O3.C11H12N2O2.C10H7NO4.C9H14N2O3/c18-13-15(17-14(19)16-13,11-7-3-1-4-8-11)12-9-5-2-6-10-12;1-2-12(8-6-4-3-5-7-8)9(15)13-11(17)14-10(12)16;1-2-13-10(14)9(12-11(13)15)8-6-4-3-5-7-8;12-8-7(6-4-2-1-3-5-6)9(13)15-10(14)11-8;1-4-9(5-2)6(12)10-8(14)11(3)7(9)13/h1-10H,(H2,16,17,18,19);3-7H,2H2,1H3,(H2,13,14,15,16,17);3-7,9H,2H2,1H3,(H,12,15);1-5,7H,(H,11,12,14);4-5H2,1-3H3,(H,10,12,14). The molecule has 0 aliphatic carbocycles. The maximum Gasteiger partial charge on any atom is 0.421 e. The lowest BCUT2D eigenvalue weighted by atomic mass is 9.75. The fourth-order valence-corrected chi connectivity index (χ4v) is 9.23. The van der Waals surface area contributed by atoms with Crippen molar-refractivity contribution in [1.29, 1.82) is 0 Å². The predicted octanol–water partition coefficient (Wildman–Crippen LogP) is 4.83. The van der Waals surface area contributed by atoms with Crippen LogP contribution in [0.5, 0.6) is 0 Å². The van der Waals surface area contributed by atoms with Crippen LogP contribution in [-0.2, 0) is 54.0 Å². The van der Waals surface area contributed by atoms with E-state index in [0.717, 1.165) is 21.6 Å². The number of likely N-dealkylation sites (N-methyl/N-ethyl adjacent to an activating group) is 1. The molecule has 5 aromatic rings. The highest BCUT2D eigenvalue weighted by Gasteiger charge is 2.52. The summed E-state index contributed by atoms with van der Waals surface area (Å²) in [5.41, 5.74) is -0.101. The van der Waals surface area contributed by atoms with Gasteiger partial charge in [0, 0.05) is 13.6 Å². The molecule has 10 rings (SSSR count). The monoisotopic (exact) mass is 1090 g/mol. The zero-order valence-electron chi connectivity index (χ0n) is 44.0. The van der Waals surface area contributed by atoms with E-state index in [-0.39, 0.29) is 17.8 Å². The number of benzene rings is 5. The maximum atomic E-state index is 12.3. The fourth-order valence-electron chi connectivity index (χ4n) is 9.23. The van der Waals surface area contributed by atoms with Crippen molar-refractivity contribution in [3.8, 4) is 0 Å². The summed E-state index contributed by atoms with van der Waals surface area (Å²) >= 11 is 0. The van der Waals surface area contributed by atoms with Gasteiger partial charge in [-0.2, -0.15) is 0 Å². The number of carbonyl (C=O) groups is 13. The second-order valence-corrected chi connectivity index (χ2v) is 18.1. The van der Waals surface area contributed by atoms with Gasteiger partial charge < -0.3 is 15.4 Å². The number of rotatable bonds is 9. The molecule has 0 aromatic heterocycles. The van der Waals surface area contributed by atoms with Crippen molar-refractivity contribution < 1.29 is 67.1 Å². The first-order valence-electron chi connectivity index (χ1n) is 25.1. The van der Waals surface area contributed by atoms with Gasteiger partial charge in [0.25, 0.3) is 11.8 Å². The number of hydrogen-bond acceptors (Lipinski definition) is 14. The molecule has 5 aliphatic rings. The first kappa shape index (κ1) is 59.1. The van der Waals surface area contributed by atoms with Crippen LogP contribution in [0.1, 0.15) is 86.7 Å². The molecule has 2 atom stereocenters. The van der Waals surface area contributed by atoms with Gasteiger partial charge in [0.15, 0.2) is 16.9 Å². The molecule has 23 nitrogen and oxygen atoms in total. The van der Waals surface area contributed by atoms with E-state index in [1.165, 1.54) is 11.9 Å². The average Bonchev–Trinajstić information content (AvgIpc) is 4.08. The van der Waals surface area contributed by atoms with Crippen molar-refractivity contribution in [3.63, 3.8) is 0 Å². The van der Waals surface area contributed by atoms with E-state index in [1.54, 1.807) is 88.4 Å². The van der Waals surface area contributed by atoms with Crippen molar-refractivity contribution in [2.45, 2.75) is 69.9 Å². The number of imide groups is 7. The van der Waals surface area contributed by atoms with Crippen LogP contribution in [0.2, 0.25) is 0 Å². The Morgan fingerprint density at radius 3 is 1.34 bits per heavy atom. The summed E-state index contributed by atoms with van der Waals surface area (Å²) in [5, 5.41) is 16.1. The van der Waals surface area contributed by atoms with Gasteiger partial charge in [-0.05, 0) is 54.0 Å². The average molecular weight is 1090 g/mol. The van der Waals surface area contributed by atoms with Crippen molar-refractivity contribution in [2.24, 2.45) is 5.41 Å². The van der Waals surface area contributed by atoms with E-state index >= 15 is 0 Å². The Labute approximate surface area is 458 Å². The summed E-state index contributed by atoms with van der Waals surface area (Å²) in [4.78, 5) is 152. The number of esters is 1. The molecule has 0 bridgehead atoms. The molecule has 2 unspecified atom stereocenters. The lowest BCUT2D eigenvalue weighted by Crippen LogP contribution is -2.64. The zero-order chi connectivity index (χ0) is 58.4. The lowest BCUT2D eigenvalue weighted by Gasteiger charge is -2.36. The minimum atomic E-state index is -1.31. The minimum Gasteiger partial charge on any atom is -0.375 e. The first-order chi connectivity index (χ1) is 38.2. The van der Waals surface area contributed by atoms with Crippen molar-refractivity contribution in [3.05, 3.63) is 179 Å². The van der Waals surface area contributed by atoms with E-state index in [2.05, 4.69) is 36.6 Å². The van der Waals surface area contributed by atoms with Gasteiger partial charge in [-0.3, -0.25) is 74.7 Å². The molecule has 5 aromatic carbocycles. The molecule has 0 spiro atoms. The molecule has 16 amide bonds. The number of hydrogen-bond donors (Lipinski definition) is 7. The summed E-state index contributed by atoms with van der Waals surface area (Å²) in [5.74, 6) is -5.09. The number of ether oxygens (including phenoxy) is 1. The van der Waals surface area contributed by atoms with Crippen LogP contribution in [0.4, 0.5) is 24.0 Å². The fraction of sp³-hybridized carbons (Fsp3) is 0.246. The quantitative estimate of drug-likeness (QED) is 0.0591. The van der Waals surface area contributed by atoms with E-state index in [1.807, 2.05) is 96.3 Å². The summed E-state index contributed by atoms with van der Waals surface area (Å²) in [7, 11) is 1.38. The number of nitrogens with zero attached hydrogens (tertiary/aromatic N) is 2. The Morgan fingerprint density at radius 1 is 0.475 bits per heavy atom. The van der Waals surface area contributed by atoms with Gasteiger partial charge in [0.1, 0.15) is 11.5 Å². The highest BCUT2D eigenvalue weighted by atomic mass is 16.6. The van der Waals surface area contributed by atoms with Gasteiger partial charge in [-0.15, -0.1) is 0 Å². The smallest absolute Gasteiger partial charge is 0.375 e. The second kappa shape index (κ2) is 25.8. The molecule has 5 heterocycles. The van der Waals surface area contributed by atoms with Crippen LogP contribution in [-0.4, -0.2) is 101 Å². The van der Waals surface area contributed by atoms with Crippen LogP contribution >= 0.6 is 0 Å². The van der Waals surface area contributed by atoms with Gasteiger partial charge in [-0.1, -0.05) is 172 Å². The van der Waals surface area contributed by atoms with Crippen LogP contribution < -0.4 is 37.2 Å². The molecular weight excluding hydrogens is 1030 g/mol. The Kier molecular flexibility index (Phi) is 19.0. The van der Waals surface area contributed by atoms with E-state index in [9.17, 15) is 62.3 Å². The molecule has 5 saturated heterocycles. The minimum absolute atomic E-state index is 0.172. The molecule has 414 valence electrons. The van der Waals surface area contributed by atoms with Crippen molar-refractivity contribution >= 4 is 77.5 Å². The van der Waals surface area contributed by atoms with Crippen LogP contribution in [0.25, 0.3) is 0 Å². The number of carbonyl (C=O) groups excluding carboxylic acids is 13. The third kappa shape index (κ3) is 12.2. The third-order valence-electron chi connectivity index (χ3n) is 13.7. The van der Waals surface area contributed by atoms with Crippen LogP contribution in [0.15, 0.2) is 152 Å². The summed E-state index contributed by atoms with van der Waals surface area (Å²) < 4.78 is 4.31. The highest BCUT2D eigenvalue weighted by molar-refractivity contribution is 6.23. The van der Waals surface area contributed by atoms with E-state index in [0.29, 0.717) is 36.9 Å². The summed E-state index contributed by atoms with van der Waals surface area (Å²) in [6, 6.07) is 42.1. The summed E-state index contributed by atoms with van der Waals surface area (Å²) in [6.07, 6.45) is 0.0941. The molecule has 0 radical (unpaired) electrons. The zero-order valence-corrected chi connectivity index (χ0v) is 44.0. The van der Waals surface area contributed by atoms with Gasteiger partial charge >= 0.3 is 36.2 Å². The lowest BCUT2D eigenvalue weighted by molar-refractivity contribution is -0.151. The topological polar surface area (TPSA) is 322 Å². The molecule has 0 saturated carbocycles. The third-order valence-corrected chi connectivity index (χ3v) is 13.7. The summed E-state index contributed by atoms with van der Waals surface area (Å²) in [6.45, 7) is 7.47. The van der Waals surface area contributed by atoms with Crippen LogP contribution in [0.3, 0.4) is 0 Å². The van der Waals surface area contributed by atoms with Crippen molar-refractivity contribution in [2.75, 3.05) is 13.6 Å². The number of alkyl carbamates (subject to hydrolysis) is 1. The number of barbiturate groups is 2. The second-order valence-electron chi connectivity index (χ2n) is 18.1. The largest absolute Gasteiger partial charge is 0.421 e. The van der Waals surface area contributed by atoms with Crippen LogP contribution in [0, 0.1) is 5.41 Å². The maximum absolute atomic E-state index is 12.3. The molecular formula is C57H57N9O14. The molecule has 5 aliphatic heterocycles. The van der Waals surface area contributed by atoms with Gasteiger partial charge in [-0.25, -0.2) is 24.0 Å². The molecule has 5 fully saturated rings. The first-order valence-corrected chi connectivity index (χ1v) is 25.1. The number of cyclic esters (lactones) is 2. The SMILES string of the molecule is CCC1(CC)C(=O)NC(=O)N(C)C1=O.CCC1(c2ccccc2)C(=O)NC(=O)NC1=O.CCN1C(=O)NC(c2ccccc2)C1=O.O=C1NC(=O)C(c2ccccc2)(c2ccccc2)N1.O=C1NC(=O)C(c2ccccc2)C(=O)O1. The van der Waals surface area contributed by atoms with Gasteiger partial charge in [0.05, 0.1) is 0 Å². The number of urea groups is 4. The Bertz CT molecular complexity index is 3120. The molecule has 7 N–H and O–H groups in total. The van der Waals surface area contributed by atoms with E-state index < -0.39 is 88.0 Å². The Balaban J connectivity index is 0.000000162. The normalized spacial score (nSPS) is 19.4. The Hall–Kier alpha value is -10.2. The predicted molar refractivity (Wildman–Crippen MR) is 284 cm³/mol. The number of nitrogens with one attached hydrogen (secondary N) is 7. The van der Waals surface area contributed by atoms with Crippen molar-refractivity contribution in [1.82, 2.24) is 47.0 Å². The Morgan fingerprint density at radius 2 is 0.925 bits per heavy atom. The molecule has 23 heteroatoms. The highest BCUT2D eigenvalue weighted by Crippen LogP contribution is 2.34. The number of amides is 16. The van der Waals surface area contributed by atoms with Gasteiger partial charge in [0.2, 0.25) is 29.5 Å². The van der Waals surface area contributed by atoms with E-state index in [4.69, 9.17) is 0 Å². The molecule has 80 heavy (non-hydrogen) atoms.